The summed E-state index contributed by atoms with van der Waals surface area (Å²) in [7, 11) is 1.52. The Kier molecular flexibility index (Phi) is 10.2. The Bertz CT molecular complexity index is 1140. The fourth-order valence-electron chi connectivity index (χ4n) is 3.98. The van der Waals surface area contributed by atoms with Crippen LogP contribution >= 0.6 is 0 Å². The van der Waals surface area contributed by atoms with E-state index < -0.39 is 17.9 Å². The predicted molar refractivity (Wildman–Crippen MR) is 140 cm³/mol. The summed E-state index contributed by atoms with van der Waals surface area (Å²) in [5.74, 6) is -1.59. The van der Waals surface area contributed by atoms with Crippen LogP contribution in [-0.2, 0) is 20.8 Å². The molecule has 2 aromatic carbocycles. The fourth-order valence-corrected chi connectivity index (χ4v) is 3.98. The molecule has 4 amide bonds. The third-order valence-corrected chi connectivity index (χ3v) is 6.40. The Morgan fingerprint density at radius 3 is 2.53 bits per heavy atom. The van der Waals surface area contributed by atoms with Crippen molar-refractivity contribution < 1.29 is 28.3 Å². The van der Waals surface area contributed by atoms with Crippen LogP contribution < -0.4 is 20.7 Å². The molecule has 3 rings (SSSR count). The Morgan fingerprint density at radius 2 is 1.82 bits per heavy atom. The molecule has 1 heterocycles. The van der Waals surface area contributed by atoms with Crippen LogP contribution in [0.2, 0.25) is 0 Å². The minimum absolute atomic E-state index is 0.0383. The highest BCUT2D eigenvalue weighted by Gasteiger charge is 2.26. The third-order valence-electron chi connectivity index (χ3n) is 6.40. The van der Waals surface area contributed by atoms with Crippen LogP contribution in [0.3, 0.4) is 0 Å². The van der Waals surface area contributed by atoms with E-state index in [0.717, 1.165) is 5.56 Å². The van der Waals surface area contributed by atoms with Gasteiger partial charge in [0.2, 0.25) is 17.7 Å². The number of nitrogens with one attached hydrogen (secondary N) is 3. The number of hydrogen-bond donors (Lipinski definition) is 3. The first kappa shape index (κ1) is 28.6. The molecule has 0 saturated carbocycles. The van der Waals surface area contributed by atoms with Gasteiger partial charge < -0.3 is 25.6 Å². The van der Waals surface area contributed by atoms with E-state index >= 15 is 0 Å². The van der Waals surface area contributed by atoms with Gasteiger partial charge in [0.1, 0.15) is 24.2 Å². The molecule has 9 nitrogen and oxygen atoms in total. The highest BCUT2D eigenvalue weighted by Crippen LogP contribution is 2.20. The van der Waals surface area contributed by atoms with Gasteiger partial charge in [-0.2, -0.15) is 0 Å². The highest BCUT2D eigenvalue weighted by atomic mass is 19.1. The van der Waals surface area contributed by atoms with Gasteiger partial charge in [-0.1, -0.05) is 38.1 Å². The predicted octanol–water partition coefficient (Wildman–Crippen LogP) is 2.05. The summed E-state index contributed by atoms with van der Waals surface area (Å²) in [6.07, 6.45) is 0.458. The molecule has 0 spiro atoms. The summed E-state index contributed by atoms with van der Waals surface area (Å²) in [4.78, 5) is 52.9. The standard InChI is InChI=1S/C28H35FN4O5/c1-18(2)23-17-38-24-7-5-4-6-21(24)27(36)32-22(12-13-26(35)33(3)16-25(34)31-23)28(37)30-15-14-19-8-10-20(29)11-9-19/h4-11,18,22-23H,12-17H2,1-3H3,(H,30,37)(H,31,34)(H,32,36)/t22-,23+/m0/s1. The monoisotopic (exact) mass is 526 g/mol. The average Bonchev–Trinajstić information content (AvgIpc) is 2.89. The van der Waals surface area contributed by atoms with Crippen LogP contribution in [0.5, 0.6) is 5.75 Å². The van der Waals surface area contributed by atoms with E-state index in [4.69, 9.17) is 4.74 Å². The van der Waals surface area contributed by atoms with E-state index in [1.54, 1.807) is 36.4 Å². The quantitative estimate of drug-likeness (QED) is 0.552. The maximum absolute atomic E-state index is 13.2. The zero-order valence-electron chi connectivity index (χ0n) is 22.0. The van der Waals surface area contributed by atoms with Crippen molar-refractivity contribution in [3.05, 3.63) is 65.5 Å². The zero-order chi connectivity index (χ0) is 27.7. The molecule has 3 N–H and O–H groups in total. The molecule has 38 heavy (non-hydrogen) atoms. The maximum atomic E-state index is 13.2. The Morgan fingerprint density at radius 1 is 1.11 bits per heavy atom. The number of fused-ring (bicyclic) bond motifs is 1. The molecular formula is C28H35FN4O5. The summed E-state index contributed by atoms with van der Waals surface area (Å²) in [6.45, 7) is 4.13. The lowest BCUT2D eigenvalue weighted by Crippen LogP contribution is -2.48. The SMILES string of the molecule is CC(C)[C@H]1COc2ccccc2C(=O)N[C@H](C(=O)NCCc2ccc(F)cc2)CCC(=O)N(C)CC(=O)N1. The van der Waals surface area contributed by atoms with Gasteiger partial charge >= 0.3 is 0 Å². The lowest BCUT2D eigenvalue weighted by molar-refractivity contribution is -0.135. The van der Waals surface area contributed by atoms with Crippen LogP contribution in [0.1, 0.15) is 42.6 Å². The lowest BCUT2D eigenvalue weighted by Gasteiger charge is -2.24. The molecule has 1 aliphatic rings. The minimum atomic E-state index is -0.997. The number of carbonyl (C=O) groups excluding carboxylic acids is 4. The first-order valence-corrected chi connectivity index (χ1v) is 12.7. The molecule has 1 aliphatic heterocycles. The first-order chi connectivity index (χ1) is 18.1. The van der Waals surface area contributed by atoms with Gasteiger partial charge in [-0.15, -0.1) is 0 Å². The molecule has 0 bridgehead atoms. The van der Waals surface area contributed by atoms with E-state index in [1.165, 1.54) is 24.1 Å². The second-order valence-electron chi connectivity index (χ2n) is 9.71. The maximum Gasteiger partial charge on any atom is 0.255 e. The number of hydrogen-bond acceptors (Lipinski definition) is 5. The van der Waals surface area contributed by atoms with Crippen molar-refractivity contribution in [2.45, 2.75) is 45.2 Å². The number of rotatable bonds is 5. The lowest BCUT2D eigenvalue weighted by atomic mass is 10.1. The van der Waals surface area contributed by atoms with Gasteiger partial charge in [0.25, 0.3) is 5.91 Å². The van der Waals surface area contributed by atoms with Gasteiger partial charge in [0.05, 0.1) is 18.2 Å². The van der Waals surface area contributed by atoms with E-state index in [9.17, 15) is 23.6 Å². The fraction of sp³-hybridized carbons (Fsp3) is 0.429. The van der Waals surface area contributed by atoms with Crippen LogP contribution in [0.4, 0.5) is 4.39 Å². The van der Waals surface area contributed by atoms with Crippen molar-refractivity contribution in [3.8, 4) is 5.75 Å². The van der Waals surface area contributed by atoms with E-state index in [2.05, 4.69) is 16.0 Å². The topological polar surface area (TPSA) is 117 Å². The van der Waals surface area contributed by atoms with Crippen LogP contribution in [0.25, 0.3) is 0 Å². The summed E-state index contributed by atoms with van der Waals surface area (Å²) in [6, 6.07) is 11.3. The van der Waals surface area contributed by atoms with Crippen molar-refractivity contribution in [2.24, 2.45) is 5.92 Å². The summed E-state index contributed by atoms with van der Waals surface area (Å²) >= 11 is 0. The molecule has 204 valence electrons. The van der Waals surface area contributed by atoms with Crippen LogP contribution in [-0.4, -0.2) is 67.4 Å². The Balaban J connectivity index is 1.78. The summed E-state index contributed by atoms with van der Waals surface area (Å²) in [5, 5.41) is 8.43. The molecular weight excluding hydrogens is 491 g/mol. The summed E-state index contributed by atoms with van der Waals surface area (Å²) < 4.78 is 19.1. The second kappa shape index (κ2) is 13.6. The van der Waals surface area contributed by atoms with E-state index in [-0.39, 0.29) is 67.7 Å². The molecule has 0 saturated heterocycles. The Hall–Kier alpha value is -3.95. The number of carbonyl (C=O) groups is 4. The first-order valence-electron chi connectivity index (χ1n) is 12.7. The second-order valence-corrected chi connectivity index (χ2v) is 9.71. The van der Waals surface area contributed by atoms with Crippen molar-refractivity contribution in [1.29, 1.82) is 0 Å². The van der Waals surface area contributed by atoms with Crippen molar-refractivity contribution in [3.63, 3.8) is 0 Å². The number of likely N-dealkylation sites (N-methyl/N-ethyl adjacent to an activating group) is 1. The Labute approximate surface area is 222 Å². The van der Waals surface area contributed by atoms with Gasteiger partial charge in [0.15, 0.2) is 0 Å². The number of amides is 4. The van der Waals surface area contributed by atoms with Crippen molar-refractivity contribution in [2.75, 3.05) is 26.7 Å². The molecule has 2 atom stereocenters. The number of nitrogens with zero attached hydrogens (tertiary/aromatic N) is 1. The van der Waals surface area contributed by atoms with Gasteiger partial charge in [-0.25, -0.2) is 4.39 Å². The third kappa shape index (κ3) is 8.29. The smallest absolute Gasteiger partial charge is 0.255 e. The normalized spacial score (nSPS) is 19.4. The van der Waals surface area contributed by atoms with Gasteiger partial charge in [-0.3, -0.25) is 19.2 Å². The number of ether oxygens (including phenoxy) is 1. The zero-order valence-corrected chi connectivity index (χ0v) is 22.0. The van der Waals surface area contributed by atoms with Gasteiger partial charge in [0, 0.05) is 20.0 Å². The number of benzene rings is 2. The van der Waals surface area contributed by atoms with Crippen molar-refractivity contribution >= 4 is 23.6 Å². The number of para-hydroxylation sites is 1. The van der Waals surface area contributed by atoms with Crippen LogP contribution in [0.15, 0.2) is 48.5 Å². The minimum Gasteiger partial charge on any atom is -0.491 e. The van der Waals surface area contributed by atoms with E-state index in [1.807, 2.05) is 13.8 Å². The number of halogens is 1. The van der Waals surface area contributed by atoms with Crippen molar-refractivity contribution in [1.82, 2.24) is 20.9 Å². The average molecular weight is 527 g/mol. The molecule has 0 unspecified atom stereocenters. The van der Waals surface area contributed by atoms with Gasteiger partial charge in [-0.05, 0) is 48.6 Å². The summed E-state index contributed by atoms with van der Waals surface area (Å²) in [5.41, 5.74) is 1.09. The molecule has 2 aromatic rings. The molecule has 10 heteroatoms. The van der Waals surface area contributed by atoms with E-state index in [0.29, 0.717) is 12.2 Å². The molecule has 0 fully saturated rings. The molecule has 0 aliphatic carbocycles. The highest BCUT2D eigenvalue weighted by molar-refractivity contribution is 5.99. The molecule has 0 aromatic heterocycles. The molecule has 0 radical (unpaired) electrons. The largest absolute Gasteiger partial charge is 0.491 e. The van der Waals surface area contributed by atoms with Crippen LogP contribution in [0, 0.1) is 11.7 Å².